The number of sulfone groups is 1. The van der Waals surface area contributed by atoms with Gasteiger partial charge in [-0.3, -0.25) is 0 Å². The summed E-state index contributed by atoms with van der Waals surface area (Å²) in [5, 5.41) is 9.08. The van der Waals surface area contributed by atoms with Crippen molar-refractivity contribution in [3.8, 4) is 0 Å². The Morgan fingerprint density at radius 2 is 1.59 bits per heavy atom. The van der Waals surface area contributed by atoms with Gasteiger partial charge in [-0.05, 0) is 52.8 Å². The van der Waals surface area contributed by atoms with Crippen LogP contribution in [0, 0.1) is 0 Å². The normalized spacial score (nSPS) is 15.2. The highest BCUT2D eigenvalue weighted by Crippen LogP contribution is 2.44. The van der Waals surface area contributed by atoms with Gasteiger partial charge in [-0.25, -0.2) is 13.2 Å². The van der Waals surface area contributed by atoms with Crippen LogP contribution in [0.4, 0.5) is 0 Å². The molecule has 1 N–H and O–H groups in total. The van der Waals surface area contributed by atoms with Crippen LogP contribution in [0.3, 0.4) is 0 Å². The largest absolute Gasteiger partial charge is 0.478 e. The molecule has 0 unspecified atom stereocenters. The lowest BCUT2D eigenvalue weighted by Crippen LogP contribution is -2.24. The molecule has 3 aromatic rings. The zero-order valence-corrected chi connectivity index (χ0v) is 18.8. The predicted octanol–water partition coefficient (Wildman–Crippen LogP) is 6.05. The van der Waals surface area contributed by atoms with Crippen molar-refractivity contribution < 1.29 is 18.3 Å². The van der Waals surface area contributed by atoms with E-state index in [0.717, 1.165) is 22.3 Å². The first-order chi connectivity index (χ1) is 15.2. The zero-order valence-electron chi connectivity index (χ0n) is 17.9. The van der Waals surface area contributed by atoms with Crippen molar-refractivity contribution in [1.29, 1.82) is 0 Å². The van der Waals surface area contributed by atoms with Crippen molar-refractivity contribution in [2.24, 2.45) is 0 Å². The Kier molecular flexibility index (Phi) is 5.61. The molecule has 0 saturated heterocycles. The Morgan fingerprint density at radius 3 is 2.25 bits per heavy atom. The average molecular weight is 445 g/mol. The first-order valence-corrected chi connectivity index (χ1v) is 11.8. The minimum absolute atomic E-state index is 0.196. The number of benzene rings is 3. The van der Waals surface area contributed by atoms with Crippen molar-refractivity contribution in [1.82, 2.24) is 0 Å². The maximum Gasteiger partial charge on any atom is 0.335 e. The van der Waals surface area contributed by atoms with Gasteiger partial charge in [0.2, 0.25) is 9.84 Å². The summed E-state index contributed by atoms with van der Waals surface area (Å²) in [5.41, 5.74) is 3.39. The summed E-state index contributed by atoms with van der Waals surface area (Å²) in [5.74, 6) is -0.971. The fraction of sp³-hybridized carbons (Fsp3) is 0.148. The quantitative estimate of drug-likeness (QED) is 0.486. The van der Waals surface area contributed by atoms with Crippen molar-refractivity contribution >= 4 is 32.9 Å². The van der Waals surface area contributed by atoms with Gasteiger partial charge in [-0.1, -0.05) is 80.6 Å². The van der Waals surface area contributed by atoms with Gasteiger partial charge in [0.15, 0.2) is 0 Å². The minimum atomic E-state index is -3.68. The van der Waals surface area contributed by atoms with Crippen LogP contribution in [0.1, 0.15) is 52.9 Å². The van der Waals surface area contributed by atoms with E-state index in [0.29, 0.717) is 11.3 Å². The van der Waals surface area contributed by atoms with Crippen LogP contribution in [0.15, 0.2) is 83.8 Å². The van der Waals surface area contributed by atoms with Crippen molar-refractivity contribution in [2.75, 3.05) is 0 Å². The third-order valence-electron chi connectivity index (χ3n) is 5.83. The van der Waals surface area contributed by atoms with Gasteiger partial charge in [-0.2, -0.15) is 0 Å². The van der Waals surface area contributed by atoms with Gasteiger partial charge in [0.05, 0.1) is 15.4 Å². The molecule has 0 fully saturated rings. The number of aromatic carboxylic acids is 1. The van der Waals surface area contributed by atoms with Gasteiger partial charge in [0.1, 0.15) is 0 Å². The molecule has 0 amide bonds. The topological polar surface area (TPSA) is 71.4 Å². The highest BCUT2D eigenvalue weighted by Gasteiger charge is 2.34. The molecule has 0 atom stereocenters. The molecule has 0 aromatic heterocycles. The van der Waals surface area contributed by atoms with E-state index in [1.165, 1.54) is 0 Å². The molecule has 162 valence electrons. The van der Waals surface area contributed by atoms with Crippen molar-refractivity contribution in [3.05, 3.63) is 107 Å². The number of rotatable bonds is 5. The Labute approximate surface area is 188 Å². The van der Waals surface area contributed by atoms with E-state index in [1.54, 1.807) is 54.6 Å². The summed E-state index contributed by atoms with van der Waals surface area (Å²) in [6, 6.07) is 20.9. The van der Waals surface area contributed by atoms with Crippen LogP contribution in [0.2, 0.25) is 0 Å². The van der Waals surface area contributed by atoms with Gasteiger partial charge in [-0.15, -0.1) is 0 Å². The first kappa shape index (κ1) is 21.8. The molecule has 0 heterocycles. The van der Waals surface area contributed by atoms with Gasteiger partial charge in [0, 0.05) is 5.56 Å². The Balaban J connectivity index is 1.82. The Bertz CT molecular complexity index is 1330. The molecule has 0 bridgehead atoms. The van der Waals surface area contributed by atoms with E-state index in [-0.39, 0.29) is 15.9 Å². The fourth-order valence-corrected chi connectivity index (χ4v) is 5.57. The van der Waals surface area contributed by atoms with Crippen LogP contribution in [-0.2, 0) is 15.3 Å². The van der Waals surface area contributed by atoms with E-state index in [4.69, 9.17) is 5.11 Å². The molecule has 0 aliphatic heterocycles. The molecule has 32 heavy (non-hydrogen) atoms. The van der Waals surface area contributed by atoms with E-state index in [2.05, 4.69) is 13.8 Å². The Morgan fingerprint density at radius 1 is 0.906 bits per heavy atom. The highest BCUT2D eigenvalue weighted by molar-refractivity contribution is 8.00. The number of hydrogen-bond donors (Lipinski definition) is 1. The van der Waals surface area contributed by atoms with Crippen molar-refractivity contribution in [2.45, 2.75) is 30.6 Å². The molecule has 0 spiro atoms. The molecule has 3 aromatic carbocycles. The average Bonchev–Trinajstić information content (AvgIpc) is 2.78. The number of carboxylic acid groups (broad SMARTS) is 1. The number of carbonyl (C=O) groups is 1. The SMILES string of the molecule is CC1(C)CC=C(S(=O)(=O)c2ccccc2)c2c(/C=C/c3ccc(C(=O)O)cc3)cccc21. The number of hydrogen-bond acceptors (Lipinski definition) is 3. The fourth-order valence-electron chi connectivity index (χ4n) is 4.00. The molecule has 1 aliphatic carbocycles. The van der Waals surface area contributed by atoms with E-state index in [1.807, 2.05) is 36.4 Å². The molecule has 4 nitrogen and oxygen atoms in total. The summed E-state index contributed by atoms with van der Waals surface area (Å²) in [4.78, 5) is 11.7. The number of carboxylic acids is 1. The minimum Gasteiger partial charge on any atom is -0.478 e. The third kappa shape index (κ3) is 4.04. The van der Waals surface area contributed by atoms with Gasteiger partial charge in [0.25, 0.3) is 0 Å². The lowest BCUT2D eigenvalue weighted by Gasteiger charge is -2.33. The summed E-state index contributed by atoms with van der Waals surface area (Å²) < 4.78 is 27.1. The van der Waals surface area contributed by atoms with Gasteiger partial charge >= 0.3 is 5.97 Å². The molecular formula is C27H24O4S. The number of allylic oxidation sites excluding steroid dienone is 1. The highest BCUT2D eigenvalue weighted by atomic mass is 32.2. The zero-order chi connectivity index (χ0) is 22.9. The lowest BCUT2D eigenvalue weighted by molar-refractivity contribution is 0.0697. The molecule has 0 saturated carbocycles. The van der Waals surface area contributed by atoms with Crippen LogP contribution in [0.5, 0.6) is 0 Å². The maximum absolute atomic E-state index is 13.5. The van der Waals surface area contributed by atoms with Crippen LogP contribution in [-0.4, -0.2) is 19.5 Å². The van der Waals surface area contributed by atoms with Crippen LogP contribution in [0.25, 0.3) is 17.1 Å². The lowest BCUT2D eigenvalue weighted by atomic mass is 9.74. The summed E-state index contributed by atoms with van der Waals surface area (Å²) in [6.07, 6.45) is 6.23. The third-order valence-corrected chi connectivity index (χ3v) is 7.67. The van der Waals surface area contributed by atoms with E-state index in [9.17, 15) is 13.2 Å². The summed E-state index contributed by atoms with van der Waals surface area (Å²) >= 11 is 0. The van der Waals surface area contributed by atoms with Gasteiger partial charge < -0.3 is 5.11 Å². The second-order valence-corrected chi connectivity index (χ2v) is 10.4. The van der Waals surface area contributed by atoms with Crippen LogP contribution < -0.4 is 0 Å². The second kappa shape index (κ2) is 8.24. The molecule has 4 rings (SSSR count). The second-order valence-electron chi connectivity index (χ2n) is 8.50. The molecule has 5 heteroatoms. The maximum atomic E-state index is 13.5. The summed E-state index contributed by atoms with van der Waals surface area (Å²) in [7, 11) is -3.68. The predicted molar refractivity (Wildman–Crippen MR) is 128 cm³/mol. The van der Waals surface area contributed by atoms with E-state index >= 15 is 0 Å². The molecule has 1 aliphatic rings. The van der Waals surface area contributed by atoms with E-state index < -0.39 is 15.8 Å². The standard InChI is InChI=1S/C27H24O4S/c1-27(2)18-17-24(32(30,31)22-8-4-3-5-9-22)25-20(7-6-10-23(25)27)14-11-19-12-15-21(16-13-19)26(28)29/h3-17H,18H2,1-2H3,(H,28,29)/b14-11+. The smallest absolute Gasteiger partial charge is 0.335 e. The molecular weight excluding hydrogens is 420 g/mol. The van der Waals surface area contributed by atoms with Crippen LogP contribution >= 0.6 is 0 Å². The first-order valence-electron chi connectivity index (χ1n) is 10.4. The summed E-state index contributed by atoms with van der Waals surface area (Å²) in [6.45, 7) is 4.23. The Hall–Kier alpha value is -3.44. The number of fused-ring (bicyclic) bond motifs is 1. The van der Waals surface area contributed by atoms with Crippen molar-refractivity contribution in [3.63, 3.8) is 0 Å². The monoisotopic (exact) mass is 444 g/mol. The molecule has 0 radical (unpaired) electrons.